The Morgan fingerprint density at radius 3 is 2.52 bits per heavy atom. The highest BCUT2D eigenvalue weighted by Gasteiger charge is 2.17. The van der Waals surface area contributed by atoms with Crippen LogP contribution in [-0.2, 0) is 6.61 Å². The van der Waals surface area contributed by atoms with Crippen LogP contribution in [0.1, 0.15) is 28.4 Å². The van der Waals surface area contributed by atoms with Crippen LogP contribution in [0.15, 0.2) is 60.7 Å². The highest BCUT2D eigenvalue weighted by Crippen LogP contribution is 2.35. The van der Waals surface area contributed by atoms with Crippen LogP contribution in [0.4, 0.5) is 5.69 Å². The van der Waals surface area contributed by atoms with Crippen molar-refractivity contribution in [3.05, 3.63) is 85.9 Å². The van der Waals surface area contributed by atoms with E-state index in [1.165, 1.54) is 0 Å². The molecule has 0 atom stereocenters. The molecule has 150 valence electrons. The minimum absolute atomic E-state index is 0.255. The number of amides is 1. The van der Waals surface area contributed by atoms with E-state index < -0.39 is 0 Å². The summed E-state index contributed by atoms with van der Waals surface area (Å²) in [6, 6.07) is 18.9. The molecule has 0 heterocycles. The lowest BCUT2D eigenvalue weighted by Gasteiger charge is -2.16. The van der Waals surface area contributed by atoms with Crippen molar-refractivity contribution in [1.29, 1.82) is 0 Å². The van der Waals surface area contributed by atoms with Gasteiger partial charge in [0, 0.05) is 5.56 Å². The Morgan fingerprint density at radius 2 is 1.83 bits per heavy atom. The minimum atomic E-state index is -0.255. The fourth-order valence-electron chi connectivity index (χ4n) is 2.81. The molecule has 3 aromatic carbocycles. The van der Waals surface area contributed by atoms with E-state index in [0.717, 1.165) is 14.7 Å². The quantitative estimate of drug-likeness (QED) is 0.362. The SMILES string of the molecule is CCOc1cc(C(=O)Nc2c(C)cccc2Cl)cc(I)c1OCc1ccccc1. The second kappa shape index (κ2) is 9.98. The number of hydrogen-bond acceptors (Lipinski definition) is 3. The van der Waals surface area contributed by atoms with Crippen molar-refractivity contribution >= 4 is 45.8 Å². The van der Waals surface area contributed by atoms with Gasteiger partial charge in [0.2, 0.25) is 0 Å². The van der Waals surface area contributed by atoms with Gasteiger partial charge in [0.05, 0.1) is 20.9 Å². The van der Waals surface area contributed by atoms with E-state index in [4.69, 9.17) is 21.1 Å². The molecule has 3 aromatic rings. The predicted molar refractivity (Wildman–Crippen MR) is 125 cm³/mol. The number of benzene rings is 3. The molecule has 0 unspecified atom stereocenters. The normalized spacial score (nSPS) is 10.5. The summed E-state index contributed by atoms with van der Waals surface area (Å²) in [5.74, 6) is 0.910. The lowest BCUT2D eigenvalue weighted by Crippen LogP contribution is -2.14. The molecule has 0 fully saturated rings. The van der Waals surface area contributed by atoms with E-state index in [1.54, 1.807) is 18.2 Å². The monoisotopic (exact) mass is 521 g/mol. The molecule has 0 aliphatic carbocycles. The number of anilines is 1. The van der Waals surface area contributed by atoms with Crippen LogP contribution in [0.2, 0.25) is 5.02 Å². The van der Waals surface area contributed by atoms with E-state index in [0.29, 0.717) is 41.0 Å². The first kappa shape index (κ1) is 21.5. The van der Waals surface area contributed by atoms with E-state index in [1.807, 2.05) is 56.3 Å². The third kappa shape index (κ3) is 5.42. The minimum Gasteiger partial charge on any atom is -0.490 e. The Morgan fingerprint density at radius 1 is 1.07 bits per heavy atom. The van der Waals surface area contributed by atoms with Gasteiger partial charge in [-0.3, -0.25) is 4.79 Å². The van der Waals surface area contributed by atoms with Crippen molar-refractivity contribution in [2.75, 3.05) is 11.9 Å². The lowest BCUT2D eigenvalue weighted by atomic mass is 10.1. The topological polar surface area (TPSA) is 47.6 Å². The number of carbonyl (C=O) groups is 1. The molecular weight excluding hydrogens is 501 g/mol. The standard InChI is InChI=1S/C23H21ClINO3/c1-3-28-20-13-17(23(27)26-21-15(2)8-7-11-18(21)24)12-19(25)22(20)29-14-16-9-5-4-6-10-16/h4-13H,3,14H2,1-2H3,(H,26,27). The van der Waals surface area contributed by atoms with Gasteiger partial charge in [-0.2, -0.15) is 0 Å². The van der Waals surface area contributed by atoms with Gasteiger partial charge < -0.3 is 14.8 Å². The van der Waals surface area contributed by atoms with Crippen LogP contribution >= 0.6 is 34.2 Å². The molecule has 0 saturated heterocycles. The van der Waals surface area contributed by atoms with Crippen molar-refractivity contribution in [2.45, 2.75) is 20.5 Å². The number of ether oxygens (including phenoxy) is 2. The van der Waals surface area contributed by atoms with E-state index in [2.05, 4.69) is 27.9 Å². The van der Waals surface area contributed by atoms with Gasteiger partial charge in [0.25, 0.3) is 5.91 Å². The number of hydrogen-bond donors (Lipinski definition) is 1. The molecule has 0 aromatic heterocycles. The van der Waals surface area contributed by atoms with Crippen LogP contribution in [0.25, 0.3) is 0 Å². The van der Waals surface area contributed by atoms with Crippen molar-refractivity contribution in [3.8, 4) is 11.5 Å². The molecule has 0 spiro atoms. The van der Waals surface area contributed by atoms with Gasteiger partial charge in [0.1, 0.15) is 6.61 Å². The zero-order chi connectivity index (χ0) is 20.8. The molecule has 3 rings (SSSR count). The summed E-state index contributed by atoms with van der Waals surface area (Å²) in [6.07, 6.45) is 0. The second-order valence-electron chi connectivity index (χ2n) is 6.38. The number of para-hydroxylation sites is 1. The van der Waals surface area contributed by atoms with Crippen molar-refractivity contribution in [3.63, 3.8) is 0 Å². The van der Waals surface area contributed by atoms with Gasteiger partial charge in [-0.15, -0.1) is 0 Å². The molecule has 6 heteroatoms. The Balaban J connectivity index is 1.85. The summed E-state index contributed by atoms with van der Waals surface area (Å²) in [6.45, 7) is 4.68. The van der Waals surface area contributed by atoms with E-state index in [-0.39, 0.29) is 5.91 Å². The molecule has 0 radical (unpaired) electrons. The first-order chi connectivity index (χ1) is 14.0. The number of aryl methyl sites for hydroxylation is 1. The maximum absolute atomic E-state index is 12.8. The summed E-state index contributed by atoms with van der Waals surface area (Å²) >= 11 is 8.40. The molecule has 1 amide bonds. The van der Waals surface area contributed by atoms with Crippen LogP contribution in [0, 0.1) is 10.5 Å². The summed E-state index contributed by atoms with van der Waals surface area (Å²) in [5, 5.41) is 3.40. The first-order valence-corrected chi connectivity index (χ1v) is 10.6. The number of nitrogens with one attached hydrogen (secondary N) is 1. The Kier molecular flexibility index (Phi) is 7.39. The van der Waals surface area contributed by atoms with Crippen LogP contribution in [0.5, 0.6) is 11.5 Å². The molecule has 4 nitrogen and oxygen atoms in total. The molecule has 0 saturated carbocycles. The first-order valence-electron chi connectivity index (χ1n) is 9.19. The zero-order valence-electron chi connectivity index (χ0n) is 16.2. The molecule has 0 aliphatic rings. The molecule has 0 aliphatic heterocycles. The fraction of sp³-hybridized carbons (Fsp3) is 0.174. The smallest absolute Gasteiger partial charge is 0.255 e. The predicted octanol–water partition coefficient (Wildman–Crippen LogP) is 6.48. The number of carbonyl (C=O) groups excluding carboxylic acids is 1. The van der Waals surface area contributed by atoms with E-state index >= 15 is 0 Å². The molecule has 0 bridgehead atoms. The highest BCUT2D eigenvalue weighted by molar-refractivity contribution is 14.1. The van der Waals surface area contributed by atoms with Crippen LogP contribution in [-0.4, -0.2) is 12.5 Å². The highest BCUT2D eigenvalue weighted by atomic mass is 127. The maximum atomic E-state index is 12.8. The molecule has 29 heavy (non-hydrogen) atoms. The Hall–Kier alpha value is -2.25. The Bertz CT molecular complexity index is 988. The third-order valence-electron chi connectivity index (χ3n) is 4.26. The average molecular weight is 522 g/mol. The van der Waals surface area contributed by atoms with Crippen molar-refractivity contribution in [2.24, 2.45) is 0 Å². The van der Waals surface area contributed by atoms with Crippen LogP contribution < -0.4 is 14.8 Å². The number of rotatable bonds is 7. The van der Waals surface area contributed by atoms with Crippen molar-refractivity contribution < 1.29 is 14.3 Å². The molecular formula is C23H21ClINO3. The fourth-order valence-corrected chi connectivity index (χ4v) is 3.83. The summed E-state index contributed by atoms with van der Waals surface area (Å²) in [7, 11) is 0. The van der Waals surface area contributed by atoms with Crippen molar-refractivity contribution in [1.82, 2.24) is 0 Å². The van der Waals surface area contributed by atoms with Gasteiger partial charge in [-0.25, -0.2) is 0 Å². The average Bonchev–Trinajstić information content (AvgIpc) is 2.71. The summed E-state index contributed by atoms with van der Waals surface area (Å²) < 4.78 is 12.6. The van der Waals surface area contributed by atoms with Gasteiger partial charge >= 0.3 is 0 Å². The second-order valence-corrected chi connectivity index (χ2v) is 7.95. The zero-order valence-corrected chi connectivity index (χ0v) is 19.1. The Labute approximate surface area is 189 Å². The largest absolute Gasteiger partial charge is 0.490 e. The van der Waals surface area contributed by atoms with Crippen LogP contribution in [0.3, 0.4) is 0 Å². The van der Waals surface area contributed by atoms with Gasteiger partial charge in [-0.05, 0) is 65.8 Å². The lowest BCUT2D eigenvalue weighted by molar-refractivity contribution is 0.102. The number of halogens is 2. The summed E-state index contributed by atoms with van der Waals surface area (Å²) in [4.78, 5) is 12.8. The maximum Gasteiger partial charge on any atom is 0.255 e. The van der Waals surface area contributed by atoms with E-state index in [9.17, 15) is 4.79 Å². The van der Waals surface area contributed by atoms with Gasteiger partial charge in [0.15, 0.2) is 11.5 Å². The summed E-state index contributed by atoms with van der Waals surface area (Å²) in [5.41, 5.74) is 3.04. The van der Waals surface area contributed by atoms with Gasteiger partial charge in [-0.1, -0.05) is 54.1 Å². The third-order valence-corrected chi connectivity index (χ3v) is 5.37. The molecule has 1 N–H and O–H groups in total.